The quantitative estimate of drug-likeness (QED) is 0.901. The van der Waals surface area contributed by atoms with Crippen LogP contribution in [-0.4, -0.2) is 50.1 Å². The Bertz CT molecular complexity index is 706. The third kappa shape index (κ3) is 3.96. The molecule has 1 saturated heterocycles. The fraction of sp³-hybridized carbons (Fsp3) is 0.588. The summed E-state index contributed by atoms with van der Waals surface area (Å²) >= 11 is 0. The average molecular weight is 353 g/mol. The topological polar surface area (TPSA) is 69.7 Å². The first-order valence-corrected chi connectivity index (χ1v) is 9.59. The highest BCUT2D eigenvalue weighted by atomic mass is 32.2. The maximum absolute atomic E-state index is 12.7. The highest BCUT2D eigenvalue weighted by Crippen LogP contribution is 2.25. The van der Waals surface area contributed by atoms with E-state index in [-0.39, 0.29) is 18.4 Å². The van der Waals surface area contributed by atoms with Crippen molar-refractivity contribution in [2.24, 2.45) is 5.92 Å². The Morgan fingerprint density at radius 2 is 1.79 bits per heavy atom. The number of hydrogen-bond acceptors (Lipinski definition) is 3. The number of aryl methyl sites for hydroxylation is 3. The fourth-order valence-electron chi connectivity index (χ4n) is 3.20. The van der Waals surface area contributed by atoms with Gasteiger partial charge in [0.1, 0.15) is 0 Å². The van der Waals surface area contributed by atoms with Crippen molar-refractivity contribution in [2.45, 2.75) is 33.6 Å². The van der Waals surface area contributed by atoms with Gasteiger partial charge in [-0.1, -0.05) is 17.7 Å². The summed E-state index contributed by atoms with van der Waals surface area (Å²) in [5.74, 6) is -0.433. The molecule has 0 saturated carbocycles. The highest BCUT2D eigenvalue weighted by Gasteiger charge is 2.33. The van der Waals surface area contributed by atoms with Crippen molar-refractivity contribution < 1.29 is 13.2 Å². The van der Waals surface area contributed by atoms with E-state index < -0.39 is 10.2 Å². The van der Waals surface area contributed by atoms with Crippen molar-refractivity contribution in [1.29, 1.82) is 0 Å². The van der Waals surface area contributed by atoms with Crippen LogP contribution in [0.25, 0.3) is 0 Å². The lowest BCUT2D eigenvalue weighted by Gasteiger charge is -2.33. The number of anilines is 1. The van der Waals surface area contributed by atoms with E-state index in [1.807, 2.05) is 32.9 Å². The zero-order valence-corrected chi connectivity index (χ0v) is 15.9. The Morgan fingerprint density at radius 3 is 2.33 bits per heavy atom. The molecular weight excluding hydrogens is 326 g/mol. The maximum atomic E-state index is 12.7. The number of piperidine rings is 1. The van der Waals surface area contributed by atoms with E-state index in [2.05, 4.69) is 5.32 Å². The first-order chi connectivity index (χ1) is 11.1. The monoisotopic (exact) mass is 353 g/mol. The maximum Gasteiger partial charge on any atom is 0.281 e. The van der Waals surface area contributed by atoms with Gasteiger partial charge >= 0.3 is 0 Å². The predicted molar refractivity (Wildman–Crippen MR) is 96.2 cm³/mol. The molecule has 1 heterocycles. The zero-order chi connectivity index (χ0) is 18.1. The van der Waals surface area contributed by atoms with Crippen molar-refractivity contribution in [1.82, 2.24) is 8.61 Å². The van der Waals surface area contributed by atoms with Crippen LogP contribution in [0, 0.1) is 26.7 Å². The lowest BCUT2D eigenvalue weighted by atomic mass is 9.98. The van der Waals surface area contributed by atoms with Crippen LogP contribution in [-0.2, 0) is 15.0 Å². The van der Waals surface area contributed by atoms with E-state index in [4.69, 9.17) is 0 Å². The van der Waals surface area contributed by atoms with E-state index >= 15 is 0 Å². The third-order valence-corrected chi connectivity index (χ3v) is 6.37. The largest absolute Gasteiger partial charge is 0.325 e. The highest BCUT2D eigenvalue weighted by molar-refractivity contribution is 7.86. The number of amides is 1. The molecule has 0 radical (unpaired) electrons. The predicted octanol–water partition coefficient (Wildman–Crippen LogP) is 2.07. The molecular formula is C17H27N3O3S. The number of hydrogen-bond donors (Lipinski definition) is 1. The van der Waals surface area contributed by atoms with Gasteiger partial charge in [0.2, 0.25) is 5.91 Å². The van der Waals surface area contributed by atoms with Crippen LogP contribution in [0.1, 0.15) is 29.5 Å². The average Bonchev–Trinajstić information content (AvgIpc) is 2.50. The van der Waals surface area contributed by atoms with Gasteiger partial charge in [-0.2, -0.15) is 17.0 Å². The third-order valence-electron chi connectivity index (χ3n) is 4.47. The van der Waals surface area contributed by atoms with Crippen molar-refractivity contribution in [2.75, 3.05) is 32.5 Å². The molecule has 7 heteroatoms. The molecule has 1 aromatic rings. The molecule has 2 rings (SSSR count). The Hall–Kier alpha value is -1.44. The molecule has 1 amide bonds. The summed E-state index contributed by atoms with van der Waals surface area (Å²) < 4.78 is 27.1. The summed E-state index contributed by atoms with van der Waals surface area (Å²) in [5.41, 5.74) is 4.03. The molecule has 0 bridgehead atoms. The van der Waals surface area contributed by atoms with Gasteiger partial charge < -0.3 is 5.32 Å². The van der Waals surface area contributed by atoms with Crippen LogP contribution in [0.4, 0.5) is 5.69 Å². The molecule has 24 heavy (non-hydrogen) atoms. The minimum absolute atomic E-state index is 0.108. The van der Waals surface area contributed by atoms with E-state index in [0.717, 1.165) is 22.4 Å². The number of benzene rings is 1. The van der Waals surface area contributed by atoms with Gasteiger partial charge in [-0.3, -0.25) is 4.79 Å². The number of carbonyl (C=O) groups is 1. The van der Waals surface area contributed by atoms with E-state index in [1.54, 1.807) is 0 Å². The second-order valence-corrected chi connectivity index (χ2v) is 8.89. The molecule has 1 aliphatic rings. The Kier molecular flexibility index (Phi) is 5.67. The summed E-state index contributed by atoms with van der Waals surface area (Å²) in [6.07, 6.45) is 1.40. The van der Waals surface area contributed by atoms with Gasteiger partial charge in [0, 0.05) is 32.9 Å². The summed E-state index contributed by atoms with van der Waals surface area (Å²) in [6, 6.07) is 4.07. The van der Waals surface area contributed by atoms with Crippen LogP contribution < -0.4 is 5.32 Å². The van der Waals surface area contributed by atoms with Crippen LogP contribution in [0.15, 0.2) is 12.1 Å². The smallest absolute Gasteiger partial charge is 0.281 e. The van der Waals surface area contributed by atoms with Gasteiger partial charge in [0.15, 0.2) is 0 Å². The lowest BCUT2D eigenvalue weighted by molar-refractivity contribution is -0.120. The van der Waals surface area contributed by atoms with Gasteiger partial charge in [-0.05, 0) is 44.7 Å². The number of nitrogens with one attached hydrogen (secondary N) is 1. The van der Waals surface area contributed by atoms with Crippen LogP contribution >= 0.6 is 0 Å². The molecule has 0 spiro atoms. The first-order valence-electron chi connectivity index (χ1n) is 8.19. The van der Waals surface area contributed by atoms with Gasteiger partial charge in [-0.15, -0.1) is 0 Å². The summed E-state index contributed by atoms with van der Waals surface area (Å²) in [5, 5.41) is 3.00. The molecule has 1 N–H and O–H groups in total. The number of rotatable bonds is 4. The van der Waals surface area contributed by atoms with Crippen LogP contribution in [0.5, 0.6) is 0 Å². The fourth-order valence-corrected chi connectivity index (χ4v) is 4.39. The van der Waals surface area contributed by atoms with Crippen LogP contribution in [0.2, 0.25) is 0 Å². The molecule has 1 aliphatic heterocycles. The SMILES string of the molecule is Cc1cc(C)c(NC(=O)C2CCCN(S(=O)(=O)N(C)C)C2)c(C)c1. The van der Waals surface area contributed by atoms with Crippen LogP contribution in [0.3, 0.4) is 0 Å². The number of carbonyl (C=O) groups excluding carboxylic acids is 1. The van der Waals surface area contributed by atoms with Gasteiger partial charge in [0.25, 0.3) is 10.2 Å². The van der Waals surface area contributed by atoms with E-state index in [0.29, 0.717) is 19.4 Å². The van der Waals surface area contributed by atoms with E-state index in [1.165, 1.54) is 22.7 Å². The van der Waals surface area contributed by atoms with E-state index in [9.17, 15) is 13.2 Å². The summed E-state index contributed by atoms with van der Waals surface area (Å²) in [4.78, 5) is 12.7. The minimum atomic E-state index is -3.47. The van der Waals surface area contributed by atoms with Gasteiger partial charge in [0.05, 0.1) is 5.92 Å². The summed E-state index contributed by atoms with van der Waals surface area (Å²) in [6.45, 7) is 6.67. The Labute approximate surface area is 145 Å². The van der Waals surface area contributed by atoms with Gasteiger partial charge in [-0.25, -0.2) is 0 Å². The second-order valence-electron chi connectivity index (χ2n) is 6.75. The minimum Gasteiger partial charge on any atom is -0.325 e. The van der Waals surface area contributed by atoms with Crippen molar-refractivity contribution >= 4 is 21.8 Å². The normalized spacial score (nSPS) is 19.5. The first kappa shape index (κ1) is 18.9. The molecule has 134 valence electrons. The van der Waals surface area contributed by atoms with Crippen molar-refractivity contribution in [3.63, 3.8) is 0 Å². The Morgan fingerprint density at radius 1 is 1.21 bits per heavy atom. The standard InChI is InChI=1S/C17H27N3O3S/c1-12-9-13(2)16(14(3)10-12)18-17(21)15-7-6-8-20(11-15)24(22,23)19(4)5/h9-10,15H,6-8,11H2,1-5H3,(H,18,21). The second kappa shape index (κ2) is 7.21. The molecule has 1 unspecified atom stereocenters. The van der Waals surface area contributed by atoms with Crippen molar-refractivity contribution in [3.05, 3.63) is 28.8 Å². The lowest BCUT2D eigenvalue weighted by Crippen LogP contribution is -2.47. The molecule has 1 atom stereocenters. The molecule has 0 aromatic heterocycles. The molecule has 1 fully saturated rings. The molecule has 0 aliphatic carbocycles. The summed E-state index contributed by atoms with van der Waals surface area (Å²) in [7, 11) is -0.451. The zero-order valence-electron chi connectivity index (χ0n) is 15.1. The Balaban J connectivity index is 2.13. The van der Waals surface area contributed by atoms with Crippen molar-refractivity contribution in [3.8, 4) is 0 Å². The molecule has 1 aromatic carbocycles. The molecule has 6 nitrogen and oxygen atoms in total. The number of nitrogens with zero attached hydrogens (tertiary/aromatic N) is 2.